The van der Waals surface area contributed by atoms with Crippen LogP contribution in [0, 0.1) is 0 Å². The summed E-state index contributed by atoms with van der Waals surface area (Å²) in [6.45, 7) is 1.05. The monoisotopic (exact) mass is 321 g/mol. The largest absolute Gasteiger partial charge is 0.468 e. The fourth-order valence-corrected chi connectivity index (χ4v) is 3.34. The number of ether oxygens (including phenoxy) is 1. The van der Waals surface area contributed by atoms with E-state index in [9.17, 15) is 18.0 Å². The number of hydrogen-bond donors (Lipinski definition) is 1. The molecule has 1 heterocycles. The molecule has 1 saturated heterocycles. The Morgan fingerprint density at radius 3 is 2.38 bits per heavy atom. The highest BCUT2D eigenvalue weighted by Crippen LogP contribution is 2.17. The average Bonchev–Trinajstić information content (AvgIpc) is 2.42. The fourth-order valence-electron chi connectivity index (χ4n) is 2.24. The number of sulfonamides is 1. The van der Waals surface area contributed by atoms with E-state index in [1.807, 2.05) is 7.05 Å². The van der Waals surface area contributed by atoms with Crippen molar-refractivity contribution in [3.05, 3.63) is 0 Å². The number of nitrogens with one attached hydrogen (secondary N) is 1. The summed E-state index contributed by atoms with van der Waals surface area (Å²) in [6, 6.07) is -0.180. The summed E-state index contributed by atoms with van der Waals surface area (Å²) in [5.74, 6) is -1.08. The highest BCUT2D eigenvalue weighted by Gasteiger charge is 2.31. The van der Waals surface area contributed by atoms with Crippen LogP contribution in [0.4, 0.5) is 0 Å². The number of esters is 1. The van der Waals surface area contributed by atoms with Crippen molar-refractivity contribution in [2.24, 2.45) is 0 Å². The van der Waals surface area contributed by atoms with Crippen molar-refractivity contribution in [3.63, 3.8) is 0 Å². The molecule has 0 spiro atoms. The minimum absolute atomic E-state index is 0.180. The van der Waals surface area contributed by atoms with Gasteiger partial charge in [-0.05, 0) is 33.0 Å². The lowest BCUT2D eigenvalue weighted by Gasteiger charge is -2.35. The number of hydrogen-bond acceptors (Lipinski definition) is 6. The van der Waals surface area contributed by atoms with Gasteiger partial charge in [0.1, 0.15) is 6.54 Å². The molecule has 0 aromatic rings. The van der Waals surface area contributed by atoms with E-state index in [0.29, 0.717) is 12.8 Å². The van der Waals surface area contributed by atoms with Gasteiger partial charge in [-0.15, -0.1) is 0 Å². The third kappa shape index (κ3) is 5.98. The molecule has 1 N–H and O–H groups in total. The van der Waals surface area contributed by atoms with Crippen LogP contribution in [0.15, 0.2) is 0 Å². The second kappa shape index (κ2) is 7.71. The summed E-state index contributed by atoms with van der Waals surface area (Å²) >= 11 is 0. The van der Waals surface area contributed by atoms with Gasteiger partial charge in [-0.1, -0.05) is 0 Å². The molecule has 1 fully saturated rings. The van der Waals surface area contributed by atoms with Crippen LogP contribution in [0.1, 0.15) is 12.8 Å². The van der Waals surface area contributed by atoms with Crippen molar-refractivity contribution in [1.82, 2.24) is 14.5 Å². The van der Waals surface area contributed by atoms with Crippen molar-refractivity contribution in [2.75, 3.05) is 46.6 Å². The molecular formula is C12H23N3O5S. The lowest BCUT2D eigenvalue weighted by atomic mass is 10.1. The minimum Gasteiger partial charge on any atom is -0.468 e. The molecule has 1 aliphatic rings. The van der Waals surface area contributed by atoms with E-state index in [2.05, 4.69) is 15.0 Å². The molecule has 0 unspecified atom stereocenters. The van der Waals surface area contributed by atoms with Crippen LogP contribution in [-0.4, -0.2) is 82.1 Å². The van der Waals surface area contributed by atoms with Crippen LogP contribution in [0.25, 0.3) is 0 Å². The Hall–Kier alpha value is -1.19. The number of nitrogens with zero attached hydrogens (tertiary/aromatic N) is 2. The summed E-state index contributed by atoms with van der Waals surface area (Å²) < 4.78 is 29.4. The Bertz CT molecular complexity index is 471. The Balaban J connectivity index is 2.63. The van der Waals surface area contributed by atoms with Gasteiger partial charge in [0.15, 0.2) is 0 Å². The zero-order valence-corrected chi connectivity index (χ0v) is 13.5. The van der Waals surface area contributed by atoms with E-state index in [1.165, 1.54) is 11.4 Å². The van der Waals surface area contributed by atoms with Gasteiger partial charge in [-0.3, -0.25) is 9.59 Å². The normalized spacial score (nSPS) is 17.7. The van der Waals surface area contributed by atoms with Gasteiger partial charge in [0, 0.05) is 6.04 Å². The third-order valence-electron chi connectivity index (χ3n) is 3.48. The first-order chi connectivity index (χ1) is 9.74. The molecule has 0 radical (unpaired) electrons. The van der Waals surface area contributed by atoms with Crippen molar-refractivity contribution < 1.29 is 22.7 Å². The maximum absolute atomic E-state index is 11.9. The molecule has 1 amide bonds. The van der Waals surface area contributed by atoms with Gasteiger partial charge in [0.25, 0.3) is 0 Å². The van der Waals surface area contributed by atoms with Crippen LogP contribution >= 0.6 is 0 Å². The van der Waals surface area contributed by atoms with Crippen LogP contribution in [-0.2, 0) is 24.3 Å². The summed E-state index contributed by atoms with van der Waals surface area (Å²) in [5, 5.41) is 2.35. The number of carbonyl (C=O) groups is 2. The van der Waals surface area contributed by atoms with Gasteiger partial charge in [0.05, 0.1) is 19.9 Å². The molecule has 1 aliphatic heterocycles. The van der Waals surface area contributed by atoms with E-state index < -0.39 is 21.9 Å². The molecule has 9 heteroatoms. The molecular weight excluding hydrogens is 298 g/mol. The molecule has 122 valence electrons. The summed E-state index contributed by atoms with van der Waals surface area (Å²) in [6.07, 6.45) is 2.47. The molecule has 8 nitrogen and oxygen atoms in total. The van der Waals surface area contributed by atoms with E-state index in [0.717, 1.165) is 19.3 Å². The predicted octanol–water partition coefficient (Wildman–Crippen LogP) is -1.37. The molecule has 0 aromatic carbocycles. The Morgan fingerprint density at radius 2 is 1.90 bits per heavy atom. The standard InChI is InChI=1S/C12H23N3O5S/c1-14-6-4-10(5-7-14)15(21(3,18)19)9-11(16)13-8-12(17)20-2/h10H,4-9H2,1-3H3,(H,13,16). The van der Waals surface area contributed by atoms with Crippen molar-refractivity contribution in [3.8, 4) is 0 Å². The number of likely N-dealkylation sites (tertiary alicyclic amines) is 1. The van der Waals surface area contributed by atoms with Crippen LogP contribution in [0.5, 0.6) is 0 Å². The average molecular weight is 321 g/mol. The predicted molar refractivity (Wildman–Crippen MR) is 77.1 cm³/mol. The molecule has 0 bridgehead atoms. The molecule has 0 aliphatic carbocycles. The maximum Gasteiger partial charge on any atom is 0.325 e. The van der Waals surface area contributed by atoms with E-state index in [-0.39, 0.29) is 19.1 Å². The zero-order chi connectivity index (χ0) is 16.0. The Kier molecular flexibility index (Phi) is 6.56. The molecule has 1 rings (SSSR count). The fraction of sp³-hybridized carbons (Fsp3) is 0.833. The minimum atomic E-state index is -3.48. The first kappa shape index (κ1) is 17.9. The second-order valence-corrected chi connectivity index (χ2v) is 7.13. The smallest absolute Gasteiger partial charge is 0.325 e. The highest BCUT2D eigenvalue weighted by molar-refractivity contribution is 7.88. The summed E-state index contributed by atoms with van der Waals surface area (Å²) in [7, 11) is -0.289. The van der Waals surface area contributed by atoms with E-state index in [4.69, 9.17) is 0 Å². The number of methoxy groups -OCH3 is 1. The van der Waals surface area contributed by atoms with Crippen LogP contribution < -0.4 is 5.32 Å². The summed E-state index contributed by atoms with van der Waals surface area (Å²) in [5.41, 5.74) is 0. The maximum atomic E-state index is 11.9. The molecule has 0 aromatic heterocycles. The van der Waals surface area contributed by atoms with Gasteiger partial charge < -0.3 is 15.0 Å². The zero-order valence-electron chi connectivity index (χ0n) is 12.7. The van der Waals surface area contributed by atoms with E-state index in [1.54, 1.807) is 0 Å². The van der Waals surface area contributed by atoms with Crippen molar-refractivity contribution in [2.45, 2.75) is 18.9 Å². The van der Waals surface area contributed by atoms with E-state index >= 15 is 0 Å². The van der Waals surface area contributed by atoms with Crippen LogP contribution in [0.3, 0.4) is 0 Å². The quantitative estimate of drug-likeness (QED) is 0.607. The number of amides is 1. The van der Waals surface area contributed by atoms with Gasteiger partial charge in [-0.25, -0.2) is 8.42 Å². The lowest BCUT2D eigenvalue weighted by Crippen LogP contribution is -2.50. The number of carbonyl (C=O) groups excluding carboxylic acids is 2. The Morgan fingerprint density at radius 1 is 1.33 bits per heavy atom. The van der Waals surface area contributed by atoms with Gasteiger partial charge >= 0.3 is 5.97 Å². The third-order valence-corrected chi connectivity index (χ3v) is 4.76. The number of piperidine rings is 1. The molecule has 0 atom stereocenters. The summed E-state index contributed by atoms with van der Waals surface area (Å²) in [4.78, 5) is 24.9. The lowest BCUT2D eigenvalue weighted by molar-refractivity contribution is -0.141. The van der Waals surface area contributed by atoms with Crippen LogP contribution in [0.2, 0.25) is 0 Å². The first-order valence-electron chi connectivity index (χ1n) is 6.73. The van der Waals surface area contributed by atoms with Gasteiger partial charge in [-0.2, -0.15) is 4.31 Å². The molecule has 21 heavy (non-hydrogen) atoms. The highest BCUT2D eigenvalue weighted by atomic mass is 32.2. The molecule has 0 saturated carbocycles. The topological polar surface area (TPSA) is 96.0 Å². The Labute approximate surface area is 125 Å². The van der Waals surface area contributed by atoms with Crippen molar-refractivity contribution >= 4 is 21.9 Å². The first-order valence-corrected chi connectivity index (χ1v) is 8.57. The number of rotatable bonds is 6. The van der Waals surface area contributed by atoms with Gasteiger partial charge in [0.2, 0.25) is 15.9 Å². The second-order valence-electron chi connectivity index (χ2n) is 5.20. The van der Waals surface area contributed by atoms with Crippen molar-refractivity contribution in [1.29, 1.82) is 0 Å². The SMILES string of the molecule is COC(=O)CNC(=O)CN(C1CCN(C)CC1)S(C)(=O)=O.